The van der Waals surface area contributed by atoms with Gasteiger partial charge in [-0.25, -0.2) is 13.8 Å². The number of fused-ring (bicyclic) bond motifs is 4. The standard InChI is InChI=1S/C30H31F7N8O/c31-18-10-20(38)40-24(21(18)30(35,36)37)25-22(34)23-17(12-39-25)26(44-13-16-4-1-5-28(14-44,43-16)11-19(32)33)42-27(41-23)46-15-29-6-2-8-45(29)9-3-7-29/h10-12,16,43H,1-9,13-15H2,(H2,38,40)/t16-,28-/m1/s1. The molecular weight excluding hydrogens is 621 g/mol. The van der Waals surface area contributed by atoms with Crippen LogP contribution in [0.1, 0.15) is 50.5 Å². The minimum absolute atomic E-state index is 0.0212. The van der Waals surface area contributed by atoms with E-state index in [4.69, 9.17) is 10.5 Å². The van der Waals surface area contributed by atoms with Crippen molar-refractivity contribution < 1.29 is 35.5 Å². The van der Waals surface area contributed by atoms with Gasteiger partial charge < -0.3 is 20.7 Å². The molecular formula is C30H31F7N8O. The molecule has 3 N–H and O–H groups in total. The third-order valence-electron chi connectivity index (χ3n) is 9.69. The average molecular weight is 653 g/mol. The van der Waals surface area contributed by atoms with E-state index in [1.54, 1.807) is 4.90 Å². The van der Waals surface area contributed by atoms with E-state index in [1.165, 1.54) is 0 Å². The number of alkyl halides is 3. The number of aromatic nitrogens is 4. The van der Waals surface area contributed by atoms with E-state index in [-0.39, 0.29) is 41.9 Å². The zero-order valence-electron chi connectivity index (χ0n) is 24.6. The lowest BCUT2D eigenvalue weighted by Gasteiger charge is -2.49. The van der Waals surface area contributed by atoms with Gasteiger partial charge in [-0.15, -0.1) is 0 Å². The van der Waals surface area contributed by atoms with Crippen molar-refractivity contribution in [2.45, 2.75) is 68.2 Å². The van der Waals surface area contributed by atoms with Gasteiger partial charge in [0.2, 0.25) is 0 Å². The highest BCUT2D eigenvalue weighted by molar-refractivity contribution is 5.92. The third-order valence-corrected chi connectivity index (χ3v) is 9.69. The molecule has 0 aliphatic carbocycles. The lowest BCUT2D eigenvalue weighted by atomic mass is 9.82. The highest BCUT2D eigenvalue weighted by atomic mass is 19.4. The van der Waals surface area contributed by atoms with Crippen LogP contribution in [-0.2, 0) is 6.18 Å². The summed E-state index contributed by atoms with van der Waals surface area (Å²) in [6, 6.07) is -0.0138. The van der Waals surface area contributed by atoms with Crippen LogP contribution >= 0.6 is 0 Å². The Kier molecular flexibility index (Phi) is 7.49. The quantitative estimate of drug-likeness (QED) is 0.336. The SMILES string of the molecule is Nc1cc(F)c(C(F)(F)F)c(-c2ncc3c(N4C[C@H]5CCC[C@@](C=C(F)F)(C4)N5)nc(OCC45CCCN4CCC5)nc3c2F)n1. The maximum Gasteiger partial charge on any atom is 0.421 e. The first kappa shape index (κ1) is 30.8. The van der Waals surface area contributed by atoms with Crippen LogP contribution in [0, 0.1) is 11.6 Å². The molecule has 0 aromatic carbocycles. The van der Waals surface area contributed by atoms with Gasteiger partial charge in [-0.1, -0.05) is 0 Å². The second kappa shape index (κ2) is 11.2. The van der Waals surface area contributed by atoms with Gasteiger partial charge in [-0.2, -0.15) is 31.9 Å². The van der Waals surface area contributed by atoms with E-state index in [2.05, 4.69) is 30.2 Å². The Hall–Kier alpha value is -3.79. The third kappa shape index (κ3) is 5.38. The molecule has 16 heteroatoms. The van der Waals surface area contributed by atoms with Crippen LogP contribution in [0.4, 0.5) is 42.4 Å². The molecule has 3 aromatic heterocycles. The minimum atomic E-state index is -5.24. The Morgan fingerprint density at radius 1 is 1.07 bits per heavy atom. The van der Waals surface area contributed by atoms with Crippen molar-refractivity contribution in [1.29, 1.82) is 0 Å². The number of nitrogens with zero attached hydrogens (tertiary/aromatic N) is 6. The Balaban J connectivity index is 1.37. The van der Waals surface area contributed by atoms with E-state index in [9.17, 15) is 26.3 Å². The molecule has 4 saturated heterocycles. The molecule has 0 saturated carbocycles. The van der Waals surface area contributed by atoms with Crippen LogP contribution in [0.15, 0.2) is 24.4 Å². The molecule has 7 rings (SSSR count). The monoisotopic (exact) mass is 652 g/mol. The van der Waals surface area contributed by atoms with Crippen molar-refractivity contribution in [3.05, 3.63) is 41.6 Å². The predicted octanol–water partition coefficient (Wildman–Crippen LogP) is 5.45. The summed E-state index contributed by atoms with van der Waals surface area (Å²) in [5, 5.41) is 3.31. The number of nitrogen functional groups attached to an aromatic ring is 1. The minimum Gasteiger partial charge on any atom is -0.461 e. The summed E-state index contributed by atoms with van der Waals surface area (Å²) in [5.41, 5.74) is -0.0402. The summed E-state index contributed by atoms with van der Waals surface area (Å²) in [5.74, 6) is -3.50. The van der Waals surface area contributed by atoms with Crippen molar-refractivity contribution in [3.8, 4) is 17.4 Å². The van der Waals surface area contributed by atoms with Gasteiger partial charge in [-0.3, -0.25) is 9.88 Å². The van der Waals surface area contributed by atoms with Gasteiger partial charge in [0.25, 0.3) is 6.08 Å². The number of pyridine rings is 2. The van der Waals surface area contributed by atoms with E-state index in [0.29, 0.717) is 25.5 Å². The lowest BCUT2D eigenvalue weighted by Crippen LogP contribution is -2.66. The maximum atomic E-state index is 16.4. The number of rotatable bonds is 6. The van der Waals surface area contributed by atoms with Crippen LogP contribution < -0.4 is 20.7 Å². The number of hydrogen-bond acceptors (Lipinski definition) is 9. The number of halogens is 7. The number of piperazine rings is 1. The van der Waals surface area contributed by atoms with Crippen molar-refractivity contribution in [1.82, 2.24) is 30.2 Å². The van der Waals surface area contributed by atoms with Crippen molar-refractivity contribution in [2.24, 2.45) is 0 Å². The molecule has 2 bridgehead atoms. The molecule has 2 atom stereocenters. The number of hydrogen-bond donors (Lipinski definition) is 2. The Morgan fingerprint density at radius 2 is 1.83 bits per heavy atom. The molecule has 0 amide bonds. The molecule has 4 fully saturated rings. The van der Waals surface area contributed by atoms with E-state index in [0.717, 1.165) is 57.5 Å². The van der Waals surface area contributed by atoms with Gasteiger partial charge in [0.05, 0.1) is 16.5 Å². The summed E-state index contributed by atoms with van der Waals surface area (Å²) < 4.78 is 106. The number of ether oxygens (including phenoxy) is 1. The first-order valence-corrected chi connectivity index (χ1v) is 15.2. The van der Waals surface area contributed by atoms with Crippen LogP contribution in [0.25, 0.3) is 22.3 Å². The molecule has 9 nitrogen and oxygen atoms in total. The fourth-order valence-corrected chi connectivity index (χ4v) is 7.80. The molecule has 0 unspecified atom stereocenters. The molecule has 3 aromatic rings. The van der Waals surface area contributed by atoms with Crippen LogP contribution in [0.2, 0.25) is 0 Å². The first-order valence-electron chi connectivity index (χ1n) is 15.2. The Labute approximate surface area is 259 Å². The second-order valence-corrected chi connectivity index (χ2v) is 12.7. The van der Waals surface area contributed by atoms with Gasteiger partial charge in [-0.05, 0) is 58.0 Å². The molecule has 7 heterocycles. The predicted molar refractivity (Wildman–Crippen MR) is 154 cm³/mol. The summed E-state index contributed by atoms with van der Waals surface area (Å²) in [6.07, 6.45) is 0.499. The number of piperidine rings is 1. The summed E-state index contributed by atoms with van der Waals surface area (Å²) in [7, 11) is 0. The highest BCUT2D eigenvalue weighted by Crippen LogP contribution is 2.42. The highest BCUT2D eigenvalue weighted by Gasteiger charge is 2.46. The topological polar surface area (TPSA) is 105 Å². The lowest BCUT2D eigenvalue weighted by molar-refractivity contribution is -0.139. The summed E-state index contributed by atoms with van der Waals surface area (Å²) in [6.45, 7) is 2.43. The first-order chi connectivity index (χ1) is 21.9. The molecule has 46 heavy (non-hydrogen) atoms. The summed E-state index contributed by atoms with van der Waals surface area (Å²) in [4.78, 5) is 20.5. The van der Waals surface area contributed by atoms with Gasteiger partial charge >= 0.3 is 12.2 Å². The smallest absolute Gasteiger partial charge is 0.421 e. The van der Waals surface area contributed by atoms with Crippen molar-refractivity contribution in [2.75, 3.05) is 43.4 Å². The molecule has 246 valence electrons. The molecule has 4 aliphatic heterocycles. The average Bonchev–Trinajstić information content (AvgIpc) is 3.55. The normalized spacial score (nSPS) is 24.3. The van der Waals surface area contributed by atoms with Gasteiger partial charge in [0.15, 0.2) is 5.82 Å². The van der Waals surface area contributed by atoms with E-state index in [1.807, 2.05) is 0 Å². The number of nitrogens with two attached hydrogens (primary N) is 1. The van der Waals surface area contributed by atoms with Gasteiger partial charge in [0, 0.05) is 37.5 Å². The van der Waals surface area contributed by atoms with Gasteiger partial charge in [0.1, 0.15) is 46.5 Å². The van der Waals surface area contributed by atoms with Crippen molar-refractivity contribution >= 4 is 22.5 Å². The molecule has 4 aliphatic rings. The summed E-state index contributed by atoms with van der Waals surface area (Å²) >= 11 is 0. The van der Waals surface area contributed by atoms with Crippen LogP contribution in [0.5, 0.6) is 6.01 Å². The Morgan fingerprint density at radius 3 is 2.54 bits per heavy atom. The van der Waals surface area contributed by atoms with Crippen molar-refractivity contribution in [3.63, 3.8) is 0 Å². The Bertz CT molecular complexity index is 1700. The van der Waals surface area contributed by atoms with Crippen LogP contribution in [0.3, 0.4) is 0 Å². The number of anilines is 2. The molecule has 0 spiro atoms. The second-order valence-electron chi connectivity index (χ2n) is 12.7. The largest absolute Gasteiger partial charge is 0.461 e. The fourth-order valence-electron chi connectivity index (χ4n) is 7.80. The van der Waals surface area contributed by atoms with Crippen LogP contribution in [-0.4, -0.2) is 74.7 Å². The zero-order chi connectivity index (χ0) is 32.4. The fraction of sp³-hybridized carbons (Fsp3) is 0.533. The molecule has 0 radical (unpaired) electrons. The van der Waals surface area contributed by atoms with E-state index < -0.39 is 57.7 Å². The maximum absolute atomic E-state index is 16.4. The zero-order valence-corrected chi connectivity index (χ0v) is 24.6. The van der Waals surface area contributed by atoms with E-state index >= 15 is 4.39 Å². The number of nitrogens with one attached hydrogen (secondary N) is 1.